The van der Waals surface area contributed by atoms with Crippen LogP contribution in [0.15, 0.2) is 112 Å². The van der Waals surface area contributed by atoms with Crippen molar-refractivity contribution in [2.75, 3.05) is 11.8 Å². The summed E-state index contributed by atoms with van der Waals surface area (Å²) in [5.41, 5.74) is 2.14. The number of hydrogen-bond donors (Lipinski definition) is 1. The number of anilines is 1. The van der Waals surface area contributed by atoms with Crippen LogP contribution in [0.25, 0.3) is 0 Å². The van der Waals surface area contributed by atoms with Gasteiger partial charge in [-0.3, -0.25) is 9.52 Å². The zero-order chi connectivity index (χ0) is 25.1. The lowest BCUT2D eigenvalue weighted by atomic mass is 10.1. The molecule has 9 heteroatoms. The van der Waals surface area contributed by atoms with Crippen LogP contribution < -0.4 is 9.46 Å². The number of carbonyl (C=O) groups is 1. The van der Waals surface area contributed by atoms with E-state index in [4.69, 9.17) is 4.74 Å². The fourth-order valence-corrected chi connectivity index (χ4v) is 5.02. The Morgan fingerprint density at radius 3 is 2.69 bits per heavy atom. The molecule has 0 unspecified atom stereocenters. The van der Waals surface area contributed by atoms with Crippen LogP contribution in [-0.4, -0.2) is 38.0 Å². The molecule has 1 N–H and O–H groups in total. The Kier molecular flexibility index (Phi) is 6.22. The number of benzene rings is 3. The van der Waals surface area contributed by atoms with Crippen LogP contribution in [0.3, 0.4) is 0 Å². The van der Waals surface area contributed by atoms with Crippen molar-refractivity contribution in [3.05, 3.63) is 114 Å². The molecule has 2 heterocycles. The van der Waals surface area contributed by atoms with E-state index in [1.54, 1.807) is 24.3 Å². The average molecular weight is 499 g/mol. The molecule has 36 heavy (non-hydrogen) atoms. The second-order valence-corrected chi connectivity index (χ2v) is 9.71. The lowest BCUT2D eigenvalue weighted by Gasteiger charge is -2.20. The van der Waals surface area contributed by atoms with Crippen LogP contribution in [0.5, 0.6) is 5.75 Å². The SMILES string of the molecule is COc1ccccc1NS(=O)(=O)c1cccc(C(=O)N=C2N=C3C=CC=CN3Cc3ccccc32)c1. The summed E-state index contributed by atoms with van der Waals surface area (Å²) >= 11 is 0. The van der Waals surface area contributed by atoms with Crippen LogP contribution in [0.1, 0.15) is 21.5 Å². The van der Waals surface area contributed by atoms with Gasteiger partial charge in [0.05, 0.1) is 17.7 Å². The van der Waals surface area contributed by atoms with Crippen molar-refractivity contribution in [1.82, 2.24) is 4.90 Å². The number of nitrogens with one attached hydrogen (secondary N) is 1. The van der Waals surface area contributed by atoms with Crippen molar-refractivity contribution in [3.63, 3.8) is 0 Å². The van der Waals surface area contributed by atoms with E-state index in [0.29, 0.717) is 23.8 Å². The molecule has 3 aromatic carbocycles. The van der Waals surface area contributed by atoms with Crippen molar-refractivity contribution in [1.29, 1.82) is 0 Å². The van der Waals surface area contributed by atoms with Gasteiger partial charge in [0, 0.05) is 23.9 Å². The molecule has 0 fully saturated rings. The fraction of sp³-hybridized carbons (Fsp3) is 0.0741. The van der Waals surface area contributed by atoms with Gasteiger partial charge in [-0.25, -0.2) is 13.4 Å². The molecular formula is C27H22N4O4S. The lowest BCUT2D eigenvalue weighted by Crippen LogP contribution is -2.24. The number of methoxy groups -OCH3 is 1. The predicted octanol–water partition coefficient (Wildman–Crippen LogP) is 4.38. The summed E-state index contributed by atoms with van der Waals surface area (Å²) in [6.45, 7) is 0.589. The normalized spacial score (nSPS) is 15.5. The van der Waals surface area contributed by atoms with Gasteiger partial charge in [-0.15, -0.1) is 0 Å². The maximum atomic E-state index is 13.2. The van der Waals surface area contributed by atoms with Crippen LogP contribution in [0.2, 0.25) is 0 Å². The molecule has 0 aliphatic carbocycles. The van der Waals surface area contributed by atoms with Crippen LogP contribution in [0.4, 0.5) is 5.69 Å². The molecule has 0 spiro atoms. The summed E-state index contributed by atoms with van der Waals surface area (Å²) in [4.78, 5) is 24.0. The predicted molar refractivity (Wildman–Crippen MR) is 139 cm³/mol. The standard InChI is InChI=1S/C27H22N4O4S/c1-35-24-14-5-4-13-23(24)30-36(33,34)21-11-8-10-19(17-21)27(32)29-26-22-12-3-2-9-20(22)18-31-16-7-6-15-25(31)28-26/h2-17,30H,18H2,1H3. The number of hydrogen-bond acceptors (Lipinski definition) is 5. The Hall–Kier alpha value is -4.50. The van der Waals surface area contributed by atoms with E-state index in [1.807, 2.05) is 53.6 Å². The maximum absolute atomic E-state index is 13.2. The molecular weight excluding hydrogens is 476 g/mol. The Morgan fingerprint density at radius 1 is 1.03 bits per heavy atom. The number of aliphatic imine (C=N–C) groups is 2. The molecule has 0 aromatic heterocycles. The summed E-state index contributed by atoms with van der Waals surface area (Å²) in [5, 5.41) is 0. The Morgan fingerprint density at radius 2 is 1.83 bits per heavy atom. The van der Waals surface area contributed by atoms with Gasteiger partial charge in [0.15, 0.2) is 5.84 Å². The second kappa shape index (κ2) is 9.63. The number of allylic oxidation sites excluding steroid dienone is 2. The van der Waals surface area contributed by atoms with Gasteiger partial charge < -0.3 is 9.64 Å². The number of amides is 1. The smallest absolute Gasteiger partial charge is 0.279 e. The maximum Gasteiger partial charge on any atom is 0.279 e. The molecule has 8 nitrogen and oxygen atoms in total. The zero-order valence-electron chi connectivity index (χ0n) is 19.3. The van der Waals surface area contributed by atoms with E-state index < -0.39 is 15.9 Å². The molecule has 0 saturated carbocycles. The first kappa shape index (κ1) is 23.3. The highest BCUT2D eigenvalue weighted by Gasteiger charge is 2.22. The largest absolute Gasteiger partial charge is 0.495 e. The molecule has 180 valence electrons. The van der Waals surface area contributed by atoms with E-state index in [0.717, 1.165) is 11.1 Å². The summed E-state index contributed by atoms with van der Waals surface area (Å²) in [5.74, 6) is 0.722. The van der Waals surface area contributed by atoms with E-state index in [9.17, 15) is 13.2 Å². The highest BCUT2D eigenvalue weighted by molar-refractivity contribution is 7.92. The Bertz CT molecular complexity index is 1570. The Labute approximate surface area is 209 Å². The van der Waals surface area contributed by atoms with Gasteiger partial charge in [-0.05, 0) is 48.0 Å². The first-order valence-electron chi connectivity index (χ1n) is 11.1. The van der Waals surface area contributed by atoms with Crippen LogP contribution >= 0.6 is 0 Å². The number of carbonyl (C=O) groups excluding carboxylic acids is 1. The minimum atomic E-state index is -3.99. The first-order valence-corrected chi connectivity index (χ1v) is 12.6. The Balaban J connectivity index is 1.49. The van der Waals surface area contributed by atoms with Crippen molar-refractivity contribution in [2.24, 2.45) is 9.98 Å². The zero-order valence-corrected chi connectivity index (χ0v) is 20.1. The topological polar surface area (TPSA) is 100 Å². The quantitative estimate of drug-likeness (QED) is 0.563. The summed E-state index contributed by atoms with van der Waals surface area (Å²) in [6.07, 6.45) is 7.56. The molecule has 0 bridgehead atoms. The van der Waals surface area contributed by atoms with E-state index >= 15 is 0 Å². The van der Waals surface area contributed by atoms with Gasteiger partial charge in [0.25, 0.3) is 15.9 Å². The monoisotopic (exact) mass is 498 g/mol. The van der Waals surface area contributed by atoms with Crippen LogP contribution in [0, 0.1) is 0 Å². The molecule has 5 rings (SSSR count). The summed E-state index contributed by atoms with van der Waals surface area (Å²) in [7, 11) is -2.53. The van der Waals surface area contributed by atoms with Gasteiger partial charge in [0.1, 0.15) is 11.6 Å². The highest BCUT2D eigenvalue weighted by atomic mass is 32.2. The van der Waals surface area contributed by atoms with Gasteiger partial charge in [0.2, 0.25) is 0 Å². The minimum absolute atomic E-state index is 0.0708. The van der Waals surface area contributed by atoms with Crippen molar-refractivity contribution < 1.29 is 17.9 Å². The lowest BCUT2D eigenvalue weighted by molar-refractivity contribution is 0.100. The van der Waals surface area contributed by atoms with Crippen molar-refractivity contribution in [2.45, 2.75) is 11.4 Å². The van der Waals surface area contributed by atoms with Crippen molar-refractivity contribution in [3.8, 4) is 5.75 Å². The number of nitrogens with zero attached hydrogens (tertiary/aromatic N) is 3. The van der Waals surface area contributed by atoms with Gasteiger partial charge in [-0.1, -0.05) is 48.5 Å². The minimum Gasteiger partial charge on any atom is -0.495 e. The number of para-hydroxylation sites is 2. The molecule has 3 aromatic rings. The summed E-state index contributed by atoms with van der Waals surface area (Å²) in [6, 6.07) is 20.1. The summed E-state index contributed by atoms with van der Waals surface area (Å²) < 4.78 is 33.8. The molecule has 1 amide bonds. The van der Waals surface area contributed by atoms with Gasteiger partial charge in [-0.2, -0.15) is 4.99 Å². The number of amidine groups is 2. The highest BCUT2D eigenvalue weighted by Crippen LogP contribution is 2.27. The number of sulfonamides is 1. The molecule has 0 atom stereocenters. The number of rotatable bonds is 5. The third-order valence-electron chi connectivity index (χ3n) is 5.69. The third kappa shape index (κ3) is 4.69. The van der Waals surface area contributed by atoms with E-state index in [2.05, 4.69) is 14.7 Å². The molecule has 0 saturated heterocycles. The third-order valence-corrected chi connectivity index (χ3v) is 7.05. The second-order valence-electron chi connectivity index (χ2n) is 8.03. The molecule has 2 aliphatic rings. The van der Waals surface area contributed by atoms with Crippen LogP contribution in [-0.2, 0) is 16.6 Å². The van der Waals surface area contributed by atoms with Crippen molar-refractivity contribution >= 4 is 33.3 Å². The van der Waals surface area contributed by atoms with E-state index in [1.165, 1.54) is 31.4 Å². The molecule has 0 radical (unpaired) electrons. The average Bonchev–Trinajstić information content (AvgIpc) is 3.05. The number of ether oxygens (including phenoxy) is 1. The van der Waals surface area contributed by atoms with E-state index in [-0.39, 0.29) is 16.3 Å². The first-order chi connectivity index (χ1) is 17.4. The number of fused-ring (bicyclic) bond motifs is 2. The fourth-order valence-electron chi connectivity index (χ4n) is 3.91. The molecule has 2 aliphatic heterocycles. The van der Waals surface area contributed by atoms with Gasteiger partial charge >= 0.3 is 0 Å².